The minimum atomic E-state index is -0.183. The molecule has 0 aromatic heterocycles. The van der Waals surface area contributed by atoms with Gasteiger partial charge in [-0.1, -0.05) is 43.3 Å². The van der Waals surface area contributed by atoms with Gasteiger partial charge in [0.2, 0.25) is 0 Å². The molecule has 0 heterocycles. The number of carbonyl (C=O) groups excluding carboxylic acids is 1. The second-order valence-corrected chi connectivity index (χ2v) is 6.28. The van der Waals surface area contributed by atoms with Crippen molar-refractivity contribution in [1.82, 2.24) is 10.2 Å². The summed E-state index contributed by atoms with van der Waals surface area (Å²) in [6, 6.07) is 16.3. The summed E-state index contributed by atoms with van der Waals surface area (Å²) in [6.45, 7) is 4.71. The summed E-state index contributed by atoms with van der Waals surface area (Å²) < 4.78 is 0. The number of nitrogens with zero attached hydrogens (tertiary/aromatic N) is 1. The molecule has 24 heavy (non-hydrogen) atoms. The van der Waals surface area contributed by atoms with Gasteiger partial charge in [-0.25, -0.2) is 4.79 Å². The fourth-order valence-electron chi connectivity index (χ4n) is 2.66. The average molecular weight is 325 g/mol. The smallest absolute Gasteiger partial charge is 0.319 e. The Morgan fingerprint density at radius 3 is 2.42 bits per heavy atom. The number of nitrogens with one attached hydrogen (secondary N) is 2. The van der Waals surface area contributed by atoms with E-state index >= 15 is 0 Å². The van der Waals surface area contributed by atoms with Crippen molar-refractivity contribution in [3.8, 4) is 0 Å². The minimum Gasteiger partial charge on any atom is -0.336 e. The van der Waals surface area contributed by atoms with Crippen molar-refractivity contribution in [2.45, 2.75) is 26.3 Å². The van der Waals surface area contributed by atoms with Crippen LogP contribution in [-0.2, 0) is 6.42 Å². The molecular weight excluding hydrogens is 298 g/mol. The van der Waals surface area contributed by atoms with Crippen molar-refractivity contribution in [3.63, 3.8) is 0 Å². The maximum absolute atomic E-state index is 12.1. The molecule has 0 spiro atoms. The number of amides is 2. The van der Waals surface area contributed by atoms with E-state index in [1.54, 1.807) is 0 Å². The molecule has 0 saturated carbocycles. The second-order valence-electron chi connectivity index (χ2n) is 6.28. The molecule has 2 aromatic rings. The van der Waals surface area contributed by atoms with Crippen LogP contribution in [0.2, 0.25) is 0 Å². The van der Waals surface area contributed by atoms with E-state index in [-0.39, 0.29) is 12.1 Å². The molecule has 0 aliphatic carbocycles. The number of anilines is 1. The summed E-state index contributed by atoms with van der Waals surface area (Å²) in [4.78, 5) is 14.3. The molecule has 4 nitrogen and oxygen atoms in total. The maximum Gasteiger partial charge on any atom is 0.319 e. The van der Waals surface area contributed by atoms with Crippen LogP contribution < -0.4 is 10.6 Å². The molecule has 0 aliphatic heterocycles. The first-order valence-corrected chi connectivity index (χ1v) is 8.36. The first-order chi connectivity index (χ1) is 11.5. The van der Waals surface area contributed by atoms with Gasteiger partial charge in [0, 0.05) is 12.2 Å². The van der Waals surface area contributed by atoms with E-state index < -0.39 is 0 Å². The number of hydrogen-bond donors (Lipinski definition) is 2. The molecule has 2 aromatic carbocycles. The zero-order valence-electron chi connectivity index (χ0n) is 15.0. The highest BCUT2D eigenvalue weighted by atomic mass is 16.2. The fraction of sp³-hybridized carbons (Fsp3) is 0.350. The van der Waals surface area contributed by atoms with Crippen LogP contribution in [0.5, 0.6) is 0 Å². The van der Waals surface area contributed by atoms with Crippen LogP contribution >= 0.6 is 0 Å². The SMILES string of the molecule is CCc1ccc(C(CNC(=O)Nc2cccc(C)c2)N(C)C)cc1. The first-order valence-electron chi connectivity index (χ1n) is 8.36. The Kier molecular flexibility index (Phi) is 6.38. The van der Waals surface area contributed by atoms with Gasteiger partial charge in [-0.3, -0.25) is 0 Å². The Morgan fingerprint density at radius 2 is 1.83 bits per heavy atom. The van der Waals surface area contributed by atoms with E-state index in [0.717, 1.165) is 17.7 Å². The molecular formula is C20H27N3O. The van der Waals surface area contributed by atoms with Crippen LogP contribution in [0.4, 0.5) is 10.5 Å². The highest BCUT2D eigenvalue weighted by molar-refractivity contribution is 5.89. The van der Waals surface area contributed by atoms with Crippen LogP contribution in [-0.4, -0.2) is 31.6 Å². The number of rotatable bonds is 6. The summed E-state index contributed by atoms with van der Waals surface area (Å²) in [6.07, 6.45) is 1.03. The molecule has 0 radical (unpaired) electrons. The standard InChI is InChI=1S/C20H27N3O/c1-5-16-9-11-17(12-10-16)19(23(3)4)14-21-20(24)22-18-8-6-7-15(2)13-18/h6-13,19H,5,14H2,1-4H3,(H2,21,22,24). The van der Waals surface area contributed by atoms with E-state index in [9.17, 15) is 4.79 Å². The predicted octanol–water partition coefficient (Wildman–Crippen LogP) is 3.98. The fourth-order valence-corrected chi connectivity index (χ4v) is 2.66. The van der Waals surface area contributed by atoms with Crippen LogP contribution in [0, 0.1) is 6.92 Å². The number of urea groups is 1. The molecule has 128 valence electrons. The lowest BCUT2D eigenvalue weighted by Gasteiger charge is -2.25. The van der Waals surface area contributed by atoms with Crippen molar-refractivity contribution in [2.24, 2.45) is 0 Å². The van der Waals surface area contributed by atoms with Gasteiger partial charge < -0.3 is 15.5 Å². The van der Waals surface area contributed by atoms with Crippen LogP contribution in [0.25, 0.3) is 0 Å². The van der Waals surface area contributed by atoms with Crippen molar-refractivity contribution in [3.05, 3.63) is 65.2 Å². The van der Waals surface area contributed by atoms with Gasteiger partial charge in [-0.05, 0) is 56.3 Å². The lowest BCUT2D eigenvalue weighted by atomic mass is 10.0. The molecule has 0 bridgehead atoms. The molecule has 2 N–H and O–H groups in total. The third-order valence-corrected chi connectivity index (χ3v) is 4.13. The summed E-state index contributed by atoms with van der Waals surface area (Å²) >= 11 is 0. The van der Waals surface area contributed by atoms with Crippen LogP contribution in [0.1, 0.15) is 29.7 Å². The summed E-state index contributed by atoms with van der Waals surface area (Å²) in [5, 5.41) is 5.85. The highest BCUT2D eigenvalue weighted by Crippen LogP contribution is 2.18. The van der Waals surface area contributed by atoms with Gasteiger partial charge in [-0.15, -0.1) is 0 Å². The number of aryl methyl sites for hydroxylation is 2. The van der Waals surface area contributed by atoms with Gasteiger partial charge in [0.1, 0.15) is 0 Å². The van der Waals surface area contributed by atoms with Crippen molar-refractivity contribution < 1.29 is 4.79 Å². The molecule has 4 heteroatoms. The van der Waals surface area contributed by atoms with Crippen molar-refractivity contribution in [2.75, 3.05) is 26.0 Å². The summed E-state index contributed by atoms with van der Waals surface area (Å²) in [5.74, 6) is 0. The zero-order chi connectivity index (χ0) is 17.5. The van der Waals surface area contributed by atoms with E-state index in [1.807, 2.05) is 45.3 Å². The van der Waals surface area contributed by atoms with Crippen molar-refractivity contribution in [1.29, 1.82) is 0 Å². The average Bonchev–Trinajstić information content (AvgIpc) is 2.55. The topological polar surface area (TPSA) is 44.4 Å². The molecule has 0 saturated heterocycles. The number of benzene rings is 2. The monoisotopic (exact) mass is 325 g/mol. The Morgan fingerprint density at radius 1 is 1.12 bits per heavy atom. The van der Waals surface area contributed by atoms with Crippen molar-refractivity contribution >= 4 is 11.7 Å². The van der Waals surface area contributed by atoms with E-state index in [4.69, 9.17) is 0 Å². The second kappa shape index (κ2) is 8.50. The summed E-state index contributed by atoms with van der Waals surface area (Å²) in [5.41, 5.74) is 4.45. The van der Waals surface area contributed by atoms with Gasteiger partial charge >= 0.3 is 6.03 Å². The molecule has 2 amide bonds. The Balaban J connectivity index is 1.96. The first kappa shape index (κ1) is 18.0. The van der Waals surface area contributed by atoms with Gasteiger partial charge in [0.15, 0.2) is 0 Å². The molecule has 0 aliphatic rings. The normalized spacial score (nSPS) is 12.0. The Labute approximate surface area is 144 Å². The highest BCUT2D eigenvalue weighted by Gasteiger charge is 2.15. The minimum absolute atomic E-state index is 0.138. The quantitative estimate of drug-likeness (QED) is 0.843. The van der Waals surface area contributed by atoms with Gasteiger partial charge in [0.25, 0.3) is 0 Å². The molecule has 1 atom stereocenters. The third-order valence-electron chi connectivity index (χ3n) is 4.13. The molecule has 0 fully saturated rings. The number of likely N-dealkylation sites (N-methyl/N-ethyl adjacent to an activating group) is 1. The summed E-state index contributed by atoms with van der Waals surface area (Å²) in [7, 11) is 4.05. The Bertz CT molecular complexity index is 665. The number of hydrogen-bond acceptors (Lipinski definition) is 2. The predicted molar refractivity (Wildman–Crippen MR) is 100 cm³/mol. The maximum atomic E-state index is 12.1. The van der Waals surface area contributed by atoms with E-state index in [1.165, 1.54) is 11.1 Å². The van der Waals surface area contributed by atoms with Crippen LogP contribution in [0.3, 0.4) is 0 Å². The van der Waals surface area contributed by atoms with E-state index in [2.05, 4.69) is 46.7 Å². The zero-order valence-corrected chi connectivity index (χ0v) is 15.0. The van der Waals surface area contributed by atoms with E-state index in [0.29, 0.717) is 6.54 Å². The van der Waals surface area contributed by atoms with Gasteiger partial charge in [0.05, 0.1) is 6.04 Å². The molecule has 2 rings (SSSR count). The lowest BCUT2D eigenvalue weighted by Crippen LogP contribution is -2.36. The lowest BCUT2D eigenvalue weighted by molar-refractivity contribution is 0.243. The largest absolute Gasteiger partial charge is 0.336 e. The Hall–Kier alpha value is -2.33. The molecule has 1 unspecified atom stereocenters. The van der Waals surface area contributed by atoms with Crippen LogP contribution in [0.15, 0.2) is 48.5 Å². The number of carbonyl (C=O) groups is 1. The third kappa shape index (κ3) is 5.10. The van der Waals surface area contributed by atoms with Gasteiger partial charge in [-0.2, -0.15) is 0 Å².